The number of nitrogens with one attached hydrogen (secondary N) is 1. The average Bonchev–Trinajstić information content (AvgIpc) is 2.69. The Bertz CT molecular complexity index is 578. The van der Waals surface area contributed by atoms with Crippen molar-refractivity contribution in [2.75, 3.05) is 40.5 Å². The van der Waals surface area contributed by atoms with E-state index in [0.29, 0.717) is 26.3 Å². The molecule has 2 fully saturated rings. The summed E-state index contributed by atoms with van der Waals surface area (Å²) in [4.78, 5) is 26.7. The number of fused-ring (bicyclic) bond motifs is 1. The van der Waals surface area contributed by atoms with E-state index in [9.17, 15) is 14.7 Å². The van der Waals surface area contributed by atoms with E-state index in [4.69, 9.17) is 9.47 Å². The van der Waals surface area contributed by atoms with Crippen LogP contribution >= 0.6 is 0 Å². The highest BCUT2D eigenvalue weighted by molar-refractivity contribution is 5.79. The first-order chi connectivity index (χ1) is 14.2. The fourth-order valence-corrected chi connectivity index (χ4v) is 5.96. The fourth-order valence-electron chi connectivity index (χ4n) is 5.96. The zero-order valence-electron chi connectivity index (χ0n) is 19.6. The van der Waals surface area contributed by atoms with Gasteiger partial charge in [0.2, 0.25) is 11.8 Å². The van der Waals surface area contributed by atoms with E-state index < -0.39 is 6.10 Å². The summed E-state index contributed by atoms with van der Waals surface area (Å²) in [5.74, 6) is -0.0750. The molecular weight excluding hydrogens is 384 g/mol. The summed E-state index contributed by atoms with van der Waals surface area (Å²) < 4.78 is 10.3. The second-order valence-electron chi connectivity index (χ2n) is 9.68. The van der Waals surface area contributed by atoms with Gasteiger partial charge in [0.25, 0.3) is 0 Å². The van der Waals surface area contributed by atoms with Gasteiger partial charge in [0, 0.05) is 46.2 Å². The molecule has 0 aromatic rings. The Kier molecular flexibility index (Phi) is 9.13. The first kappa shape index (κ1) is 25.1. The van der Waals surface area contributed by atoms with Crippen LogP contribution in [0, 0.1) is 29.1 Å². The van der Waals surface area contributed by atoms with Gasteiger partial charge in [-0.3, -0.25) is 9.59 Å². The van der Waals surface area contributed by atoms with E-state index in [1.54, 1.807) is 26.0 Å². The molecule has 2 saturated carbocycles. The van der Waals surface area contributed by atoms with Gasteiger partial charge in [-0.25, -0.2) is 0 Å². The van der Waals surface area contributed by atoms with E-state index in [-0.39, 0.29) is 46.9 Å². The van der Waals surface area contributed by atoms with Gasteiger partial charge in [-0.05, 0) is 48.9 Å². The molecule has 7 atom stereocenters. The number of ether oxygens (including phenoxy) is 2. The van der Waals surface area contributed by atoms with E-state index in [0.717, 1.165) is 25.7 Å². The van der Waals surface area contributed by atoms with Crippen LogP contribution in [0.25, 0.3) is 0 Å². The van der Waals surface area contributed by atoms with Crippen LogP contribution in [-0.4, -0.2) is 74.5 Å². The number of nitrogens with zero attached hydrogens (tertiary/aromatic N) is 1. The minimum atomic E-state index is -0.555. The first-order valence-corrected chi connectivity index (χ1v) is 11.4. The quantitative estimate of drug-likeness (QED) is 0.589. The third-order valence-electron chi connectivity index (χ3n) is 7.75. The minimum absolute atomic E-state index is 0.0206. The van der Waals surface area contributed by atoms with Crippen molar-refractivity contribution in [1.82, 2.24) is 10.2 Å². The van der Waals surface area contributed by atoms with Crippen LogP contribution in [0.5, 0.6) is 0 Å². The molecule has 2 rings (SSSR count). The van der Waals surface area contributed by atoms with Gasteiger partial charge in [-0.15, -0.1) is 0 Å². The molecule has 30 heavy (non-hydrogen) atoms. The van der Waals surface area contributed by atoms with Gasteiger partial charge in [-0.2, -0.15) is 0 Å². The Morgan fingerprint density at radius 3 is 2.27 bits per heavy atom. The third-order valence-corrected chi connectivity index (χ3v) is 7.75. The van der Waals surface area contributed by atoms with Crippen LogP contribution in [0.4, 0.5) is 0 Å². The van der Waals surface area contributed by atoms with Crippen LogP contribution < -0.4 is 5.32 Å². The third kappa shape index (κ3) is 5.54. The van der Waals surface area contributed by atoms with Gasteiger partial charge in [0.15, 0.2) is 0 Å². The summed E-state index contributed by atoms with van der Waals surface area (Å²) in [5.41, 5.74) is 0.0544. The van der Waals surface area contributed by atoms with Crippen molar-refractivity contribution in [3.8, 4) is 0 Å². The van der Waals surface area contributed by atoms with Gasteiger partial charge in [0.1, 0.15) is 0 Å². The average molecular weight is 427 g/mol. The van der Waals surface area contributed by atoms with Crippen LogP contribution in [0.2, 0.25) is 0 Å². The van der Waals surface area contributed by atoms with Crippen molar-refractivity contribution in [1.29, 1.82) is 0 Å². The molecule has 2 amide bonds. The topological polar surface area (TPSA) is 88.1 Å². The van der Waals surface area contributed by atoms with Crippen molar-refractivity contribution < 1.29 is 24.2 Å². The highest BCUT2D eigenvalue weighted by Gasteiger charge is 2.54. The lowest BCUT2D eigenvalue weighted by Crippen LogP contribution is -2.58. The normalized spacial score (nSPS) is 34.7. The van der Waals surface area contributed by atoms with Crippen molar-refractivity contribution in [2.24, 2.45) is 29.1 Å². The molecule has 0 aromatic carbocycles. The molecule has 0 aliphatic heterocycles. The first-order valence-electron chi connectivity index (χ1n) is 11.4. The molecule has 1 unspecified atom stereocenters. The Morgan fingerprint density at radius 2 is 1.73 bits per heavy atom. The molecular formula is C23H42N2O5. The highest BCUT2D eigenvalue weighted by Crippen LogP contribution is 2.55. The smallest absolute Gasteiger partial charge is 0.225 e. The lowest BCUT2D eigenvalue weighted by atomic mass is 9.51. The summed E-state index contributed by atoms with van der Waals surface area (Å²) in [6, 6.07) is 0.0832. The summed E-state index contributed by atoms with van der Waals surface area (Å²) in [6.45, 7) is 9.91. The minimum Gasteiger partial charge on any atom is -0.392 e. The van der Waals surface area contributed by atoms with Crippen molar-refractivity contribution in [3.63, 3.8) is 0 Å². The largest absolute Gasteiger partial charge is 0.392 e. The zero-order chi connectivity index (χ0) is 22.5. The highest BCUT2D eigenvalue weighted by atomic mass is 16.5. The van der Waals surface area contributed by atoms with E-state index >= 15 is 0 Å². The molecule has 0 heterocycles. The van der Waals surface area contributed by atoms with Gasteiger partial charge < -0.3 is 24.8 Å². The van der Waals surface area contributed by atoms with Gasteiger partial charge in [-0.1, -0.05) is 20.8 Å². The molecule has 0 radical (unpaired) electrons. The molecule has 7 heteroatoms. The molecule has 0 aromatic heterocycles. The molecule has 2 aliphatic rings. The number of rotatable bonds is 9. The Balaban J connectivity index is 2.15. The number of hydrogen-bond donors (Lipinski definition) is 2. The predicted molar refractivity (Wildman–Crippen MR) is 116 cm³/mol. The molecule has 174 valence electrons. The maximum atomic E-state index is 13.3. The van der Waals surface area contributed by atoms with Gasteiger partial charge >= 0.3 is 0 Å². The number of methoxy groups -OCH3 is 2. The number of aliphatic hydroxyl groups excluding tert-OH is 1. The summed E-state index contributed by atoms with van der Waals surface area (Å²) in [6.07, 6.45) is 3.24. The van der Waals surface area contributed by atoms with Crippen LogP contribution in [0.3, 0.4) is 0 Å². The Hall–Kier alpha value is -1.18. The molecule has 0 bridgehead atoms. The number of hydrogen-bond acceptors (Lipinski definition) is 5. The molecule has 2 N–H and O–H groups in total. The van der Waals surface area contributed by atoms with E-state index in [2.05, 4.69) is 19.2 Å². The summed E-state index contributed by atoms with van der Waals surface area (Å²) in [5, 5.41) is 14.6. The van der Waals surface area contributed by atoms with Crippen molar-refractivity contribution in [2.45, 2.75) is 65.5 Å². The standard InChI is InChI=1S/C23H42N2O5/c1-15(22(28)25(11-13-29-5)12-14-30-6)18-7-9-23(4)10-8-19(24-17(3)26)16(2)20(23)21(18)27/h15-16,18-21,27H,7-14H2,1-6H3,(H,24,26)/t15-,16+,18?,19-,20+,21-,23-/m0/s1. The number of carbonyl (C=O) groups excluding carboxylic acids is 2. The molecule has 0 saturated heterocycles. The Labute approximate surface area is 181 Å². The molecule has 0 spiro atoms. The van der Waals surface area contributed by atoms with E-state index in [1.807, 2.05) is 6.92 Å². The lowest BCUT2D eigenvalue weighted by molar-refractivity contribution is -0.151. The predicted octanol–water partition coefficient (Wildman–Crippen LogP) is 2.07. The van der Waals surface area contributed by atoms with Gasteiger partial charge in [0.05, 0.1) is 19.3 Å². The Morgan fingerprint density at radius 1 is 1.17 bits per heavy atom. The summed E-state index contributed by atoms with van der Waals surface area (Å²) in [7, 11) is 3.26. The second-order valence-corrected chi connectivity index (χ2v) is 9.68. The fraction of sp³-hybridized carbons (Fsp3) is 0.913. The SMILES string of the molecule is COCCN(CCOC)C(=O)[C@@H](C)C1CC[C@@]2(C)CC[C@H](NC(C)=O)[C@@H](C)[C@@H]2[C@H]1O. The van der Waals surface area contributed by atoms with Crippen molar-refractivity contribution >= 4 is 11.8 Å². The zero-order valence-corrected chi connectivity index (χ0v) is 19.6. The monoisotopic (exact) mass is 426 g/mol. The number of aliphatic hydroxyl groups is 1. The van der Waals surface area contributed by atoms with E-state index in [1.165, 1.54) is 0 Å². The number of carbonyl (C=O) groups is 2. The van der Waals surface area contributed by atoms with Crippen LogP contribution in [0.1, 0.15) is 53.4 Å². The lowest BCUT2D eigenvalue weighted by Gasteiger charge is -2.56. The maximum absolute atomic E-state index is 13.3. The summed E-state index contributed by atoms with van der Waals surface area (Å²) >= 11 is 0. The molecule has 7 nitrogen and oxygen atoms in total. The van der Waals surface area contributed by atoms with Crippen molar-refractivity contribution in [3.05, 3.63) is 0 Å². The maximum Gasteiger partial charge on any atom is 0.225 e. The second kappa shape index (κ2) is 10.9. The van der Waals surface area contributed by atoms with Crippen LogP contribution in [0.15, 0.2) is 0 Å². The van der Waals surface area contributed by atoms with Crippen LogP contribution in [-0.2, 0) is 19.1 Å². The number of amides is 2. The molecule has 2 aliphatic carbocycles.